The van der Waals surface area contributed by atoms with Gasteiger partial charge in [0.05, 0.1) is 25.7 Å². The second-order valence-corrected chi connectivity index (χ2v) is 8.09. The molecule has 10 heteroatoms. The zero-order valence-corrected chi connectivity index (χ0v) is 19.2. The second kappa shape index (κ2) is 10.1. The van der Waals surface area contributed by atoms with Gasteiger partial charge in [-0.3, -0.25) is 4.79 Å². The quantitative estimate of drug-likeness (QED) is 0.357. The smallest absolute Gasteiger partial charge is 0.433 e. The van der Waals surface area contributed by atoms with E-state index < -0.39 is 11.9 Å². The molecule has 0 bridgehead atoms. The van der Waals surface area contributed by atoms with Crippen molar-refractivity contribution in [2.24, 2.45) is 0 Å². The molecule has 0 fully saturated rings. The minimum absolute atomic E-state index is 0.0514. The van der Waals surface area contributed by atoms with Crippen molar-refractivity contribution in [1.82, 2.24) is 9.97 Å². The van der Waals surface area contributed by atoms with Gasteiger partial charge < -0.3 is 14.8 Å². The Kier molecular flexibility index (Phi) is 7.47. The highest BCUT2D eigenvalue weighted by molar-refractivity contribution is 7.99. The molecule has 0 radical (unpaired) electrons. The number of rotatable bonds is 7. The lowest BCUT2D eigenvalue weighted by Gasteiger charge is -2.13. The average Bonchev–Trinajstić information content (AvgIpc) is 2.78. The molecule has 3 rings (SSSR count). The fraction of sp³-hybridized carbons (Fsp3) is 0.261. The van der Waals surface area contributed by atoms with Gasteiger partial charge in [0.1, 0.15) is 5.69 Å². The van der Waals surface area contributed by atoms with Crippen LogP contribution in [0.15, 0.2) is 47.6 Å². The summed E-state index contributed by atoms with van der Waals surface area (Å²) in [5.41, 5.74) is 1.93. The summed E-state index contributed by atoms with van der Waals surface area (Å²) < 4.78 is 50.8. The van der Waals surface area contributed by atoms with Gasteiger partial charge in [0.2, 0.25) is 5.91 Å². The van der Waals surface area contributed by atoms with Crippen molar-refractivity contribution in [2.75, 3.05) is 25.3 Å². The third kappa shape index (κ3) is 6.16. The molecule has 0 saturated carbocycles. The fourth-order valence-electron chi connectivity index (χ4n) is 3.05. The van der Waals surface area contributed by atoms with E-state index in [4.69, 9.17) is 9.47 Å². The first kappa shape index (κ1) is 24.4. The third-order valence-electron chi connectivity index (χ3n) is 4.66. The molecule has 33 heavy (non-hydrogen) atoms. The van der Waals surface area contributed by atoms with Crippen LogP contribution in [0.4, 0.5) is 18.9 Å². The van der Waals surface area contributed by atoms with Gasteiger partial charge in [-0.15, -0.1) is 0 Å². The summed E-state index contributed by atoms with van der Waals surface area (Å²) in [5.74, 6) is 0.258. The molecule has 0 aliphatic carbocycles. The van der Waals surface area contributed by atoms with E-state index in [9.17, 15) is 18.0 Å². The molecule has 2 aromatic carbocycles. The van der Waals surface area contributed by atoms with Gasteiger partial charge in [-0.1, -0.05) is 29.5 Å². The SMILES string of the molecule is COc1ccc(-c2cc(C(F)(F)F)nc(SCC(=O)Nc3ccc(C)cc3C)n2)cc1OC. The van der Waals surface area contributed by atoms with Gasteiger partial charge in [0.15, 0.2) is 16.7 Å². The van der Waals surface area contributed by atoms with E-state index in [0.717, 1.165) is 29.0 Å². The summed E-state index contributed by atoms with van der Waals surface area (Å²) in [7, 11) is 2.89. The first-order chi connectivity index (χ1) is 15.6. The molecule has 1 aromatic heterocycles. The number of aryl methyl sites for hydroxylation is 2. The van der Waals surface area contributed by atoms with Crippen LogP contribution in [0.1, 0.15) is 16.8 Å². The summed E-state index contributed by atoms with van der Waals surface area (Å²) in [5, 5.41) is 2.60. The minimum atomic E-state index is -4.68. The first-order valence-electron chi connectivity index (χ1n) is 9.79. The van der Waals surface area contributed by atoms with Crippen molar-refractivity contribution in [3.63, 3.8) is 0 Å². The first-order valence-corrected chi connectivity index (χ1v) is 10.8. The topological polar surface area (TPSA) is 73.3 Å². The number of thioether (sulfide) groups is 1. The molecule has 0 aliphatic rings. The van der Waals surface area contributed by atoms with Crippen LogP contribution in [-0.2, 0) is 11.0 Å². The molecule has 1 N–H and O–H groups in total. The third-order valence-corrected chi connectivity index (χ3v) is 5.51. The number of carbonyl (C=O) groups is 1. The number of nitrogens with one attached hydrogen (secondary N) is 1. The van der Waals surface area contributed by atoms with Crippen LogP contribution in [0.3, 0.4) is 0 Å². The zero-order valence-electron chi connectivity index (χ0n) is 18.4. The Bertz CT molecular complexity index is 1170. The Balaban J connectivity index is 1.85. The van der Waals surface area contributed by atoms with Crippen molar-refractivity contribution in [3.8, 4) is 22.8 Å². The van der Waals surface area contributed by atoms with Crippen LogP contribution < -0.4 is 14.8 Å². The second-order valence-electron chi connectivity index (χ2n) is 7.14. The van der Waals surface area contributed by atoms with E-state index in [1.165, 1.54) is 20.3 Å². The molecule has 3 aromatic rings. The van der Waals surface area contributed by atoms with Gasteiger partial charge in [-0.2, -0.15) is 13.2 Å². The number of halogens is 3. The van der Waals surface area contributed by atoms with E-state index >= 15 is 0 Å². The van der Waals surface area contributed by atoms with Gasteiger partial charge >= 0.3 is 6.18 Å². The maximum Gasteiger partial charge on any atom is 0.433 e. The number of amides is 1. The van der Waals surface area contributed by atoms with Crippen LogP contribution in [0.25, 0.3) is 11.3 Å². The lowest BCUT2D eigenvalue weighted by molar-refractivity contribution is -0.141. The normalized spacial score (nSPS) is 11.2. The summed E-state index contributed by atoms with van der Waals surface area (Å²) in [6.07, 6.45) is -4.68. The molecule has 174 valence electrons. The summed E-state index contributed by atoms with van der Waals surface area (Å²) in [6.45, 7) is 3.80. The molecule has 0 atom stereocenters. The highest BCUT2D eigenvalue weighted by Crippen LogP contribution is 2.35. The number of hydrogen-bond acceptors (Lipinski definition) is 6. The van der Waals surface area contributed by atoms with Crippen LogP contribution in [0, 0.1) is 13.8 Å². The van der Waals surface area contributed by atoms with E-state index in [1.807, 2.05) is 26.0 Å². The Morgan fingerprint density at radius 2 is 1.73 bits per heavy atom. The van der Waals surface area contributed by atoms with Crippen molar-refractivity contribution in [1.29, 1.82) is 0 Å². The number of anilines is 1. The van der Waals surface area contributed by atoms with Crippen molar-refractivity contribution >= 4 is 23.4 Å². The van der Waals surface area contributed by atoms with E-state index in [2.05, 4.69) is 15.3 Å². The minimum Gasteiger partial charge on any atom is -0.493 e. The van der Waals surface area contributed by atoms with E-state index in [0.29, 0.717) is 22.7 Å². The molecular formula is C23H22F3N3O3S. The molecule has 0 saturated heterocycles. The standard InChI is InChI=1S/C23H22F3N3O3S/c1-13-5-7-16(14(2)9-13)27-21(30)12-33-22-28-17(11-20(29-22)23(24,25)26)15-6-8-18(31-3)19(10-15)32-4/h5-11H,12H2,1-4H3,(H,27,30). The monoisotopic (exact) mass is 477 g/mol. The van der Waals surface area contributed by atoms with E-state index in [1.54, 1.807) is 18.2 Å². The molecule has 0 aliphatic heterocycles. The van der Waals surface area contributed by atoms with Crippen molar-refractivity contribution in [2.45, 2.75) is 25.2 Å². The summed E-state index contributed by atoms with van der Waals surface area (Å²) in [6, 6.07) is 11.1. The van der Waals surface area contributed by atoms with Gasteiger partial charge in [0, 0.05) is 11.3 Å². The number of aromatic nitrogens is 2. The summed E-state index contributed by atoms with van der Waals surface area (Å²) in [4.78, 5) is 20.2. The molecule has 0 spiro atoms. The molecule has 1 heterocycles. The molecule has 1 amide bonds. The number of hydrogen-bond donors (Lipinski definition) is 1. The van der Waals surface area contributed by atoms with Crippen molar-refractivity contribution in [3.05, 3.63) is 59.3 Å². The van der Waals surface area contributed by atoms with Gasteiger partial charge in [0.25, 0.3) is 0 Å². The Morgan fingerprint density at radius 3 is 2.36 bits per heavy atom. The highest BCUT2D eigenvalue weighted by atomic mass is 32.2. The molecule has 0 unspecified atom stereocenters. The maximum atomic E-state index is 13.5. The Morgan fingerprint density at radius 1 is 1.00 bits per heavy atom. The van der Waals surface area contributed by atoms with Crippen LogP contribution in [0.5, 0.6) is 11.5 Å². The number of methoxy groups -OCH3 is 2. The molecule has 6 nitrogen and oxygen atoms in total. The number of benzene rings is 2. The Hall–Kier alpha value is -3.27. The number of nitrogens with zero attached hydrogens (tertiary/aromatic N) is 2. The Labute approximate surface area is 193 Å². The number of carbonyl (C=O) groups excluding carboxylic acids is 1. The number of ether oxygens (including phenoxy) is 2. The average molecular weight is 478 g/mol. The predicted octanol–water partition coefficient (Wildman–Crippen LogP) is 5.53. The maximum absolute atomic E-state index is 13.5. The van der Waals surface area contributed by atoms with Crippen LogP contribution in [0.2, 0.25) is 0 Å². The molecular weight excluding hydrogens is 455 g/mol. The fourth-order valence-corrected chi connectivity index (χ4v) is 3.71. The van der Waals surface area contributed by atoms with Crippen molar-refractivity contribution < 1.29 is 27.4 Å². The number of alkyl halides is 3. The largest absolute Gasteiger partial charge is 0.493 e. The van der Waals surface area contributed by atoms with Crippen LogP contribution in [-0.4, -0.2) is 35.8 Å². The summed E-state index contributed by atoms with van der Waals surface area (Å²) >= 11 is 0.823. The van der Waals surface area contributed by atoms with E-state index in [-0.39, 0.29) is 22.5 Å². The highest BCUT2D eigenvalue weighted by Gasteiger charge is 2.34. The predicted molar refractivity (Wildman–Crippen MR) is 121 cm³/mol. The lowest BCUT2D eigenvalue weighted by Crippen LogP contribution is -2.16. The zero-order chi connectivity index (χ0) is 24.2. The van der Waals surface area contributed by atoms with Gasteiger partial charge in [-0.25, -0.2) is 9.97 Å². The van der Waals surface area contributed by atoms with Gasteiger partial charge in [-0.05, 0) is 49.7 Å². The lowest BCUT2D eigenvalue weighted by atomic mass is 10.1. The van der Waals surface area contributed by atoms with Crippen LogP contribution >= 0.6 is 11.8 Å².